The van der Waals surface area contributed by atoms with E-state index in [1.165, 1.54) is 141 Å². The van der Waals surface area contributed by atoms with E-state index >= 15 is 0 Å². The van der Waals surface area contributed by atoms with Crippen LogP contribution in [0, 0.1) is 0 Å². The van der Waals surface area contributed by atoms with Crippen molar-refractivity contribution in [2.75, 3.05) is 13.2 Å². The van der Waals surface area contributed by atoms with Gasteiger partial charge in [0.1, 0.15) is 36.6 Å². The highest BCUT2D eigenvalue weighted by atomic mass is 16.7. The molecule has 382 valence electrons. The largest absolute Gasteiger partial charge is 0.394 e. The molecule has 0 aromatic carbocycles. The second kappa shape index (κ2) is 43.6. The van der Waals surface area contributed by atoms with Crippen molar-refractivity contribution in [3.05, 3.63) is 36.5 Å². The summed E-state index contributed by atoms with van der Waals surface area (Å²) in [6.07, 6.45) is 40.5. The van der Waals surface area contributed by atoms with Crippen molar-refractivity contribution >= 4 is 5.91 Å². The second-order valence-electron chi connectivity index (χ2n) is 18.9. The van der Waals surface area contributed by atoms with Crippen LogP contribution in [0.1, 0.15) is 232 Å². The molecule has 11 heteroatoms. The molecule has 1 aliphatic rings. The molecule has 9 unspecified atom stereocenters. The minimum absolute atomic E-state index is 0.242. The van der Waals surface area contributed by atoms with Gasteiger partial charge in [-0.15, -0.1) is 0 Å². The van der Waals surface area contributed by atoms with E-state index in [4.69, 9.17) is 9.47 Å². The summed E-state index contributed by atoms with van der Waals surface area (Å²) in [4.78, 5) is 13.1. The van der Waals surface area contributed by atoms with Gasteiger partial charge in [0.15, 0.2) is 6.29 Å². The van der Waals surface area contributed by atoms with E-state index in [0.717, 1.165) is 44.9 Å². The van der Waals surface area contributed by atoms with Crippen LogP contribution in [0.2, 0.25) is 0 Å². The highest BCUT2D eigenvalue weighted by molar-refractivity contribution is 5.80. The molecule has 1 heterocycles. The predicted molar refractivity (Wildman–Crippen MR) is 265 cm³/mol. The van der Waals surface area contributed by atoms with E-state index < -0.39 is 74.2 Å². The van der Waals surface area contributed by atoms with E-state index in [1.54, 1.807) is 0 Å². The van der Waals surface area contributed by atoms with Crippen molar-refractivity contribution in [1.82, 2.24) is 5.32 Å². The Labute approximate surface area is 397 Å². The lowest BCUT2D eigenvalue weighted by Gasteiger charge is -2.40. The van der Waals surface area contributed by atoms with Crippen LogP contribution >= 0.6 is 0 Å². The lowest BCUT2D eigenvalue weighted by atomic mass is 9.98. The van der Waals surface area contributed by atoms with E-state index in [0.29, 0.717) is 19.3 Å². The van der Waals surface area contributed by atoms with Crippen LogP contribution < -0.4 is 5.32 Å². The quantitative estimate of drug-likeness (QED) is 0.0216. The number of nitrogens with one attached hydrogen (secondary N) is 1. The standard InChI is InChI=1S/C54H101NO10/c1-3-5-7-9-11-13-15-17-19-21-22-23-24-25-26-28-30-32-34-36-38-40-42-47(58)53(63)55-45(44-64-54-52(62)51(61)50(60)48(43-56)65-54)49(59)46(57)41-39-37-35-33-31-29-27-20-18-16-14-12-10-8-6-4-2/h12,14,20,27,33,35,45-52,54,56-62H,3-11,13,15-19,21-26,28-32,34,36-44H2,1-2H3,(H,55,63)/b14-12+,27-20+,35-33+. The molecule has 1 amide bonds. The number of allylic oxidation sites excluding steroid dienone is 6. The van der Waals surface area contributed by atoms with Gasteiger partial charge in [0.2, 0.25) is 5.91 Å². The summed E-state index contributed by atoms with van der Waals surface area (Å²) in [5.74, 6) is -0.710. The number of rotatable bonds is 45. The molecule has 8 N–H and O–H groups in total. The van der Waals surface area contributed by atoms with Gasteiger partial charge in [0.25, 0.3) is 0 Å². The van der Waals surface area contributed by atoms with Gasteiger partial charge in [-0.2, -0.15) is 0 Å². The van der Waals surface area contributed by atoms with Gasteiger partial charge in [-0.05, 0) is 64.2 Å². The molecule has 1 saturated heterocycles. The van der Waals surface area contributed by atoms with Gasteiger partial charge in [-0.1, -0.05) is 204 Å². The van der Waals surface area contributed by atoms with Crippen LogP contribution in [0.4, 0.5) is 0 Å². The molecule has 0 aromatic heterocycles. The fourth-order valence-corrected chi connectivity index (χ4v) is 8.47. The monoisotopic (exact) mass is 924 g/mol. The van der Waals surface area contributed by atoms with Gasteiger partial charge >= 0.3 is 0 Å². The van der Waals surface area contributed by atoms with Crippen LogP contribution in [0.25, 0.3) is 0 Å². The van der Waals surface area contributed by atoms with Crippen molar-refractivity contribution < 1.29 is 50.0 Å². The van der Waals surface area contributed by atoms with E-state index in [9.17, 15) is 40.5 Å². The number of carbonyl (C=O) groups excluding carboxylic acids is 1. The number of hydrogen-bond acceptors (Lipinski definition) is 10. The first kappa shape index (κ1) is 61.3. The summed E-state index contributed by atoms with van der Waals surface area (Å²) in [6, 6.07) is -1.19. The van der Waals surface area contributed by atoms with Crippen molar-refractivity contribution in [1.29, 1.82) is 0 Å². The highest BCUT2D eigenvalue weighted by Crippen LogP contribution is 2.23. The SMILES string of the molecule is CCCCC/C=C/CC/C=C/CC/C=C/CCCC(O)C(O)C(COC1OC(CO)C(O)C(O)C1O)NC(=O)C(O)CCCCCCCCCCCCCCCCCCCCCCCC. The van der Waals surface area contributed by atoms with Gasteiger partial charge in [0.05, 0.1) is 25.4 Å². The van der Waals surface area contributed by atoms with Crippen LogP contribution in [0.15, 0.2) is 36.5 Å². The third-order valence-corrected chi connectivity index (χ3v) is 12.9. The summed E-state index contributed by atoms with van der Waals surface area (Å²) in [7, 11) is 0. The number of unbranched alkanes of at least 4 members (excludes halogenated alkanes) is 27. The number of carbonyl (C=O) groups is 1. The fraction of sp³-hybridized carbons (Fsp3) is 0.870. The molecule has 11 nitrogen and oxygen atoms in total. The molecular weight excluding hydrogens is 823 g/mol. The lowest BCUT2D eigenvalue weighted by molar-refractivity contribution is -0.303. The Morgan fingerprint density at radius 2 is 0.923 bits per heavy atom. The average Bonchev–Trinajstić information content (AvgIpc) is 3.31. The molecule has 1 aliphatic heterocycles. The Balaban J connectivity index is 2.37. The first-order valence-electron chi connectivity index (χ1n) is 26.9. The Kier molecular flexibility index (Phi) is 41.1. The second-order valence-corrected chi connectivity index (χ2v) is 18.9. The minimum Gasteiger partial charge on any atom is -0.394 e. The first-order chi connectivity index (χ1) is 31.7. The maximum atomic E-state index is 13.1. The third-order valence-electron chi connectivity index (χ3n) is 12.9. The van der Waals surface area contributed by atoms with Gasteiger partial charge < -0.3 is 50.5 Å². The minimum atomic E-state index is -1.67. The van der Waals surface area contributed by atoms with Crippen molar-refractivity contribution in [3.63, 3.8) is 0 Å². The molecule has 0 radical (unpaired) electrons. The molecule has 0 aliphatic carbocycles. The molecule has 0 spiro atoms. The molecular formula is C54H101NO10. The van der Waals surface area contributed by atoms with Gasteiger partial charge in [-0.25, -0.2) is 0 Å². The Hall–Kier alpha value is -1.67. The Bertz CT molecular complexity index is 1150. The molecule has 0 saturated carbocycles. The van der Waals surface area contributed by atoms with Crippen LogP contribution in [0.5, 0.6) is 0 Å². The smallest absolute Gasteiger partial charge is 0.249 e. The van der Waals surface area contributed by atoms with Gasteiger partial charge in [0, 0.05) is 0 Å². The van der Waals surface area contributed by atoms with E-state index in [-0.39, 0.29) is 12.8 Å². The molecule has 65 heavy (non-hydrogen) atoms. The summed E-state index contributed by atoms with van der Waals surface area (Å²) >= 11 is 0. The lowest BCUT2D eigenvalue weighted by Crippen LogP contribution is -2.60. The predicted octanol–water partition coefficient (Wildman–Crippen LogP) is 10.3. The van der Waals surface area contributed by atoms with E-state index in [2.05, 4.69) is 55.6 Å². The van der Waals surface area contributed by atoms with Crippen molar-refractivity contribution in [3.8, 4) is 0 Å². The summed E-state index contributed by atoms with van der Waals surface area (Å²) in [5, 5.41) is 75.9. The number of ether oxygens (including phenoxy) is 2. The number of amides is 1. The van der Waals surface area contributed by atoms with Crippen molar-refractivity contribution in [2.45, 2.75) is 287 Å². The summed E-state index contributed by atoms with van der Waals surface area (Å²) in [6.45, 7) is 3.41. The maximum Gasteiger partial charge on any atom is 0.249 e. The Morgan fingerprint density at radius 3 is 1.37 bits per heavy atom. The number of aliphatic hydroxyl groups excluding tert-OH is 7. The van der Waals surface area contributed by atoms with Gasteiger partial charge in [-0.3, -0.25) is 4.79 Å². The first-order valence-corrected chi connectivity index (χ1v) is 26.9. The average molecular weight is 924 g/mol. The Morgan fingerprint density at radius 1 is 0.523 bits per heavy atom. The van der Waals surface area contributed by atoms with Crippen LogP contribution in [-0.4, -0.2) is 110 Å². The topological polar surface area (TPSA) is 189 Å². The summed E-state index contributed by atoms with van der Waals surface area (Å²) < 4.78 is 11.1. The zero-order valence-electron chi connectivity index (χ0n) is 41.5. The molecule has 1 fully saturated rings. The molecule has 1 rings (SSSR count). The zero-order chi connectivity index (χ0) is 47.6. The normalized spacial score (nSPS) is 21.2. The van der Waals surface area contributed by atoms with Crippen molar-refractivity contribution in [2.24, 2.45) is 0 Å². The molecule has 0 bridgehead atoms. The maximum absolute atomic E-state index is 13.1. The van der Waals surface area contributed by atoms with E-state index in [1.807, 2.05) is 0 Å². The number of hydrogen-bond donors (Lipinski definition) is 8. The van der Waals surface area contributed by atoms with Crippen LogP contribution in [-0.2, 0) is 14.3 Å². The zero-order valence-corrected chi connectivity index (χ0v) is 41.5. The highest BCUT2D eigenvalue weighted by Gasteiger charge is 2.44. The number of aliphatic hydroxyl groups is 7. The van der Waals surface area contributed by atoms with Crippen LogP contribution in [0.3, 0.4) is 0 Å². The fourth-order valence-electron chi connectivity index (χ4n) is 8.47. The third kappa shape index (κ3) is 32.7. The molecule has 9 atom stereocenters. The molecule has 0 aromatic rings. The summed E-state index contributed by atoms with van der Waals surface area (Å²) in [5.41, 5.74) is 0.